The number of guanidine groups is 1. The van der Waals surface area contributed by atoms with Crippen molar-refractivity contribution in [1.82, 2.24) is 4.98 Å². The van der Waals surface area contributed by atoms with Gasteiger partial charge in [0.05, 0.1) is 6.54 Å². The van der Waals surface area contributed by atoms with E-state index in [4.69, 9.17) is 5.73 Å². The van der Waals surface area contributed by atoms with Gasteiger partial charge >= 0.3 is 5.96 Å². The molecular formula is C14H17BrClN4+. The van der Waals surface area contributed by atoms with Crippen molar-refractivity contribution in [1.29, 1.82) is 0 Å². The third-order valence-electron chi connectivity index (χ3n) is 2.56. The Labute approximate surface area is 133 Å². The average molecular weight is 357 g/mol. The summed E-state index contributed by atoms with van der Waals surface area (Å²) in [6, 6.07) is 14.0. The van der Waals surface area contributed by atoms with E-state index in [-0.39, 0.29) is 12.4 Å². The van der Waals surface area contributed by atoms with Gasteiger partial charge < -0.3 is 0 Å². The van der Waals surface area contributed by atoms with E-state index in [0.717, 1.165) is 17.4 Å². The monoisotopic (exact) mass is 355 g/mol. The number of halogens is 2. The molecule has 1 heterocycles. The molecule has 0 amide bonds. The Bertz CT molecular complexity index is 543. The zero-order chi connectivity index (χ0) is 13.5. The zero-order valence-corrected chi connectivity index (χ0v) is 13.2. The third kappa shape index (κ3) is 5.59. The average Bonchev–Trinajstić information content (AvgIpc) is 2.43. The Balaban J connectivity index is 0.00000200. The molecule has 4 N–H and O–H groups in total. The Morgan fingerprint density at radius 3 is 2.60 bits per heavy atom. The first-order valence-electron chi connectivity index (χ1n) is 6.03. The van der Waals surface area contributed by atoms with E-state index in [9.17, 15) is 0 Å². The molecule has 6 heteroatoms. The number of pyridine rings is 1. The van der Waals surface area contributed by atoms with Crippen molar-refractivity contribution in [2.45, 2.75) is 6.42 Å². The molecular weight excluding hydrogens is 340 g/mol. The Morgan fingerprint density at radius 2 is 1.95 bits per heavy atom. The minimum atomic E-state index is 0. The van der Waals surface area contributed by atoms with Crippen molar-refractivity contribution in [3.8, 4) is 0 Å². The number of nitrogens with zero attached hydrogens (tertiary/aromatic N) is 1. The van der Waals surface area contributed by atoms with Gasteiger partial charge in [0.25, 0.3) is 0 Å². The summed E-state index contributed by atoms with van der Waals surface area (Å²) in [5.41, 5.74) is 7.13. The van der Waals surface area contributed by atoms with Crippen LogP contribution in [0.1, 0.15) is 5.56 Å². The summed E-state index contributed by atoms with van der Waals surface area (Å²) in [6.45, 7) is 0.777. The molecule has 0 atom stereocenters. The molecule has 1 aromatic carbocycles. The number of nitrogens with one attached hydrogen (secondary N) is 2. The summed E-state index contributed by atoms with van der Waals surface area (Å²) in [4.78, 5) is 7.31. The first-order chi connectivity index (χ1) is 9.24. The highest BCUT2D eigenvalue weighted by Gasteiger charge is 2.02. The fourth-order valence-electron chi connectivity index (χ4n) is 1.62. The SMILES string of the molecule is Cl.NC(Nc1ccc(Br)cn1)=[NH+]CCc1ccccc1. The first kappa shape index (κ1) is 16.5. The van der Waals surface area contributed by atoms with E-state index in [0.29, 0.717) is 11.8 Å². The predicted molar refractivity (Wildman–Crippen MR) is 88.0 cm³/mol. The molecule has 0 saturated heterocycles. The number of anilines is 1. The molecule has 2 rings (SSSR count). The topological polar surface area (TPSA) is 64.9 Å². The van der Waals surface area contributed by atoms with E-state index in [1.54, 1.807) is 6.20 Å². The minimum absolute atomic E-state index is 0. The normalized spacial score (nSPS) is 10.8. The molecule has 0 spiro atoms. The van der Waals surface area contributed by atoms with E-state index < -0.39 is 0 Å². The van der Waals surface area contributed by atoms with Crippen molar-refractivity contribution in [2.24, 2.45) is 5.73 Å². The van der Waals surface area contributed by atoms with Gasteiger partial charge in [0.1, 0.15) is 0 Å². The number of hydrogen-bond acceptors (Lipinski definition) is 1. The van der Waals surface area contributed by atoms with Gasteiger partial charge in [-0.05, 0) is 33.6 Å². The zero-order valence-electron chi connectivity index (χ0n) is 10.8. The number of benzene rings is 1. The van der Waals surface area contributed by atoms with Gasteiger partial charge in [-0.2, -0.15) is 0 Å². The van der Waals surface area contributed by atoms with E-state index in [1.807, 2.05) is 30.3 Å². The van der Waals surface area contributed by atoms with Gasteiger partial charge in [0.15, 0.2) is 5.82 Å². The van der Waals surface area contributed by atoms with Crippen molar-refractivity contribution in [3.05, 3.63) is 58.7 Å². The summed E-state index contributed by atoms with van der Waals surface area (Å²) < 4.78 is 0.939. The van der Waals surface area contributed by atoms with Crippen LogP contribution < -0.4 is 16.0 Å². The fourth-order valence-corrected chi connectivity index (χ4v) is 1.85. The summed E-state index contributed by atoms with van der Waals surface area (Å²) in [5, 5.41) is 3.01. The Hall–Kier alpha value is -1.59. The lowest BCUT2D eigenvalue weighted by Crippen LogP contribution is -2.77. The van der Waals surface area contributed by atoms with Crippen LogP contribution in [0.15, 0.2) is 53.1 Å². The van der Waals surface area contributed by atoms with Crippen LogP contribution in [0, 0.1) is 0 Å². The van der Waals surface area contributed by atoms with Crippen LogP contribution in [0.25, 0.3) is 0 Å². The van der Waals surface area contributed by atoms with Crippen LogP contribution in [0.2, 0.25) is 0 Å². The highest BCUT2D eigenvalue weighted by molar-refractivity contribution is 9.10. The highest BCUT2D eigenvalue weighted by Crippen LogP contribution is 2.09. The molecule has 20 heavy (non-hydrogen) atoms. The molecule has 0 saturated carbocycles. The first-order valence-corrected chi connectivity index (χ1v) is 6.82. The largest absolute Gasteiger partial charge is 0.347 e. The van der Waals surface area contributed by atoms with Gasteiger partial charge in [-0.25, -0.2) is 10.3 Å². The van der Waals surface area contributed by atoms with E-state index in [1.165, 1.54) is 5.56 Å². The van der Waals surface area contributed by atoms with Crippen LogP contribution in [0.3, 0.4) is 0 Å². The molecule has 0 unspecified atom stereocenters. The Morgan fingerprint density at radius 1 is 1.20 bits per heavy atom. The van der Waals surface area contributed by atoms with Crippen LogP contribution in [-0.4, -0.2) is 17.5 Å². The molecule has 0 aliphatic rings. The van der Waals surface area contributed by atoms with Crippen molar-refractivity contribution in [2.75, 3.05) is 11.9 Å². The molecule has 0 radical (unpaired) electrons. The highest BCUT2D eigenvalue weighted by atomic mass is 79.9. The van der Waals surface area contributed by atoms with Crippen molar-refractivity contribution >= 4 is 40.1 Å². The predicted octanol–water partition coefficient (Wildman–Crippen LogP) is 1.32. The Kier molecular flexibility index (Phi) is 7.04. The second-order valence-electron chi connectivity index (χ2n) is 4.06. The maximum absolute atomic E-state index is 5.85. The number of rotatable bonds is 4. The van der Waals surface area contributed by atoms with Crippen LogP contribution in [0.4, 0.5) is 5.82 Å². The van der Waals surface area contributed by atoms with Crippen LogP contribution >= 0.6 is 28.3 Å². The van der Waals surface area contributed by atoms with Gasteiger partial charge in [-0.3, -0.25) is 10.7 Å². The summed E-state index contributed by atoms with van der Waals surface area (Å²) in [6.07, 6.45) is 2.65. The number of hydrogen-bond donors (Lipinski definition) is 3. The molecule has 106 valence electrons. The van der Waals surface area contributed by atoms with Gasteiger partial charge in [0.2, 0.25) is 0 Å². The van der Waals surface area contributed by atoms with Gasteiger partial charge in [-0.1, -0.05) is 30.3 Å². The summed E-state index contributed by atoms with van der Waals surface area (Å²) in [5.74, 6) is 1.22. The smallest absolute Gasteiger partial charge is 0.291 e. The number of nitrogens with two attached hydrogens (primary N) is 1. The van der Waals surface area contributed by atoms with E-state index >= 15 is 0 Å². The second-order valence-corrected chi connectivity index (χ2v) is 4.98. The van der Waals surface area contributed by atoms with Crippen molar-refractivity contribution in [3.63, 3.8) is 0 Å². The third-order valence-corrected chi connectivity index (χ3v) is 3.03. The molecule has 4 nitrogen and oxygen atoms in total. The molecule has 2 aromatic rings. The summed E-state index contributed by atoms with van der Waals surface area (Å²) in [7, 11) is 0. The summed E-state index contributed by atoms with van der Waals surface area (Å²) >= 11 is 3.34. The van der Waals surface area contributed by atoms with Crippen LogP contribution in [-0.2, 0) is 6.42 Å². The van der Waals surface area contributed by atoms with E-state index in [2.05, 4.69) is 43.4 Å². The second kappa shape index (κ2) is 8.55. The minimum Gasteiger partial charge on any atom is -0.291 e. The lowest BCUT2D eigenvalue weighted by atomic mass is 10.2. The van der Waals surface area contributed by atoms with Crippen molar-refractivity contribution < 1.29 is 4.99 Å². The van der Waals surface area contributed by atoms with Crippen LogP contribution in [0.5, 0.6) is 0 Å². The quantitative estimate of drug-likeness (QED) is 0.572. The lowest BCUT2D eigenvalue weighted by Gasteiger charge is -2.00. The maximum Gasteiger partial charge on any atom is 0.347 e. The lowest BCUT2D eigenvalue weighted by molar-refractivity contribution is -0.457. The maximum atomic E-state index is 5.85. The molecule has 0 fully saturated rings. The molecule has 0 bridgehead atoms. The van der Waals surface area contributed by atoms with Gasteiger partial charge in [0, 0.05) is 17.1 Å². The fraction of sp³-hybridized carbons (Fsp3) is 0.143. The molecule has 1 aromatic heterocycles. The molecule has 0 aliphatic carbocycles. The number of aromatic nitrogens is 1. The van der Waals surface area contributed by atoms with Gasteiger partial charge in [-0.15, -0.1) is 12.4 Å². The standard InChI is InChI=1S/C14H15BrN4.ClH/c15-12-6-7-13(18-10-12)19-14(16)17-9-8-11-4-2-1-3-5-11;/h1-7,10H,8-9H2,(H3,16,17,18,19);1H/p+1. The molecule has 0 aliphatic heterocycles.